The van der Waals surface area contributed by atoms with Gasteiger partial charge in [0.05, 0.1) is 14.2 Å². The minimum absolute atomic E-state index is 0.500. The number of hydrogen-bond acceptors (Lipinski definition) is 4. The van der Waals surface area contributed by atoms with Crippen LogP contribution in [0.3, 0.4) is 0 Å². The maximum atomic E-state index is 11.1. The molecule has 1 aromatic rings. The van der Waals surface area contributed by atoms with E-state index in [9.17, 15) is 9.90 Å². The molecule has 0 heterocycles. The molecule has 1 atom stereocenters. The second-order valence-electron chi connectivity index (χ2n) is 3.15. The second-order valence-corrected chi connectivity index (χ2v) is 3.15. The molecule has 1 aromatic carbocycles. The molecular weight excluding hydrogens is 196 g/mol. The van der Waals surface area contributed by atoms with Gasteiger partial charge in [0, 0.05) is 0 Å². The fourth-order valence-corrected chi connectivity index (χ4v) is 1.32. The van der Waals surface area contributed by atoms with Crippen molar-refractivity contribution in [1.29, 1.82) is 0 Å². The van der Waals surface area contributed by atoms with Crippen LogP contribution in [0.4, 0.5) is 0 Å². The third-order valence-corrected chi connectivity index (χ3v) is 2.16. The molecule has 15 heavy (non-hydrogen) atoms. The number of aliphatic hydroxyl groups excluding tert-OH is 1. The van der Waals surface area contributed by atoms with E-state index in [0.29, 0.717) is 5.56 Å². The standard InChI is InChI=1S/C11H14O4/c1-7-6-8(4-5-9(7)14-2)10(12)11(13)15-3/h4-6,10,12H,1-3H3. The van der Waals surface area contributed by atoms with Crippen molar-refractivity contribution in [2.75, 3.05) is 14.2 Å². The lowest BCUT2D eigenvalue weighted by Gasteiger charge is -2.11. The van der Waals surface area contributed by atoms with Crippen LogP contribution in [0.25, 0.3) is 0 Å². The van der Waals surface area contributed by atoms with Crippen molar-refractivity contribution in [1.82, 2.24) is 0 Å². The summed E-state index contributed by atoms with van der Waals surface area (Å²) < 4.78 is 9.51. The van der Waals surface area contributed by atoms with Crippen LogP contribution in [-0.2, 0) is 9.53 Å². The van der Waals surface area contributed by atoms with Crippen LogP contribution in [-0.4, -0.2) is 25.3 Å². The highest BCUT2D eigenvalue weighted by Crippen LogP contribution is 2.22. The monoisotopic (exact) mass is 210 g/mol. The average molecular weight is 210 g/mol. The molecule has 0 saturated carbocycles. The molecule has 0 amide bonds. The molecule has 0 aliphatic carbocycles. The molecule has 1 N–H and O–H groups in total. The molecule has 0 aliphatic heterocycles. The molecule has 0 fully saturated rings. The highest BCUT2D eigenvalue weighted by Gasteiger charge is 2.18. The van der Waals surface area contributed by atoms with E-state index >= 15 is 0 Å². The average Bonchev–Trinajstić information content (AvgIpc) is 2.26. The zero-order valence-corrected chi connectivity index (χ0v) is 8.98. The fourth-order valence-electron chi connectivity index (χ4n) is 1.32. The summed E-state index contributed by atoms with van der Waals surface area (Å²) in [6.45, 7) is 1.84. The Balaban J connectivity index is 2.97. The van der Waals surface area contributed by atoms with Crippen LogP contribution in [0.15, 0.2) is 18.2 Å². The minimum Gasteiger partial charge on any atom is -0.496 e. The largest absolute Gasteiger partial charge is 0.496 e. The number of aryl methyl sites for hydroxylation is 1. The van der Waals surface area contributed by atoms with Crippen LogP contribution in [0, 0.1) is 6.92 Å². The Morgan fingerprint density at radius 3 is 2.53 bits per heavy atom. The summed E-state index contributed by atoms with van der Waals surface area (Å²) in [5.74, 6) is 0.0513. The van der Waals surface area contributed by atoms with E-state index in [2.05, 4.69) is 4.74 Å². The lowest BCUT2D eigenvalue weighted by molar-refractivity contribution is -0.150. The van der Waals surface area contributed by atoms with E-state index < -0.39 is 12.1 Å². The highest BCUT2D eigenvalue weighted by atomic mass is 16.5. The molecule has 0 aromatic heterocycles. The smallest absolute Gasteiger partial charge is 0.339 e. The van der Waals surface area contributed by atoms with Crippen LogP contribution < -0.4 is 4.74 Å². The Morgan fingerprint density at radius 1 is 1.40 bits per heavy atom. The summed E-state index contributed by atoms with van der Waals surface area (Å²) in [7, 11) is 2.81. The van der Waals surface area contributed by atoms with Crippen molar-refractivity contribution in [3.8, 4) is 5.75 Å². The first-order valence-corrected chi connectivity index (χ1v) is 4.50. The topological polar surface area (TPSA) is 55.8 Å². The molecule has 0 aliphatic rings. The Bertz CT molecular complexity index is 360. The molecule has 1 unspecified atom stereocenters. The maximum Gasteiger partial charge on any atom is 0.339 e. The van der Waals surface area contributed by atoms with E-state index in [1.165, 1.54) is 7.11 Å². The van der Waals surface area contributed by atoms with Gasteiger partial charge in [0.2, 0.25) is 0 Å². The number of rotatable bonds is 3. The maximum absolute atomic E-state index is 11.1. The van der Waals surface area contributed by atoms with E-state index in [1.807, 2.05) is 6.92 Å². The first kappa shape index (κ1) is 11.5. The third-order valence-electron chi connectivity index (χ3n) is 2.16. The zero-order chi connectivity index (χ0) is 11.4. The predicted molar refractivity (Wildman–Crippen MR) is 54.7 cm³/mol. The summed E-state index contributed by atoms with van der Waals surface area (Å²) in [5, 5.41) is 9.56. The molecule has 0 radical (unpaired) electrons. The number of methoxy groups -OCH3 is 2. The fraction of sp³-hybridized carbons (Fsp3) is 0.364. The van der Waals surface area contributed by atoms with Gasteiger partial charge in [-0.15, -0.1) is 0 Å². The van der Waals surface area contributed by atoms with Crippen molar-refractivity contribution in [3.05, 3.63) is 29.3 Å². The number of aliphatic hydroxyl groups is 1. The first-order chi connectivity index (χ1) is 7.10. The lowest BCUT2D eigenvalue weighted by atomic mass is 10.1. The normalized spacial score (nSPS) is 12.0. The van der Waals surface area contributed by atoms with Gasteiger partial charge in [-0.25, -0.2) is 4.79 Å². The van der Waals surface area contributed by atoms with Gasteiger partial charge < -0.3 is 14.6 Å². The van der Waals surface area contributed by atoms with Gasteiger partial charge in [0.1, 0.15) is 5.75 Å². The summed E-state index contributed by atoms with van der Waals surface area (Å²) in [5.41, 5.74) is 1.36. The van der Waals surface area contributed by atoms with E-state index in [1.54, 1.807) is 25.3 Å². The Labute approximate surface area is 88.4 Å². The first-order valence-electron chi connectivity index (χ1n) is 4.50. The summed E-state index contributed by atoms with van der Waals surface area (Å²) in [6.07, 6.45) is -1.24. The lowest BCUT2D eigenvalue weighted by Crippen LogP contribution is -2.13. The van der Waals surface area contributed by atoms with E-state index in [4.69, 9.17) is 4.74 Å². The van der Waals surface area contributed by atoms with E-state index in [0.717, 1.165) is 11.3 Å². The Kier molecular flexibility index (Phi) is 3.68. The number of ether oxygens (including phenoxy) is 2. The van der Waals surface area contributed by atoms with Crippen LogP contribution in [0.1, 0.15) is 17.2 Å². The zero-order valence-electron chi connectivity index (χ0n) is 8.98. The Morgan fingerprint density at radius 2 is 2.07 bits per heavy atom. The van der Waals surface area contributed by atoms with Crippen LogP contribution >= 0.6 is 0 Å². The number of esters is 1. The molecule has 82 valence electrons. The number of carbonyl (C=O) groups excluding carboxylic acids is 1. The van der Waals surface area contributed by atoms with Gasteiger partial charge in [-0.2, -0.15) is 0 Å². The summed E-state index contributed by atoms with van der Waals surface area (Å²) in [6, 6.07) is 5.03. The number of benzene rings is 1. The van der Waals surface area contributed by atoms with Crippen LogP contribution in [0.5, 0.6) is 5.75 Å². The van der Waals surface area contributed by atoms with Gasteiger partial charge in [-0.3, -0.25) is 0 Å². The SMILES string of the molecule is COC(=O)C(O)c1ccc(OC)c(C)c1. The van der Waals surface area contributed by atoms with Gasteiger partial charge in [0.25, 0.3) is 0 Å². The van der Waals surface area contributed by atoms with Crippen molar-refractivity contribution >= 4 is 5.97 Å². The molecule has 0 saturated heterocycles. The van der Waals surface area contributed by atoms with Crippen molar-refractivity contribution < 1.29 is 19.4 Å². The van der Waals surface area contributed by atoms with Crippen LogP contribution in [0.2, 0.25) is 0 Å². The molecule has 0 spiro atoms. The van der Waals surface area contributed by atoms with Gasteiger partial charge in [-0.1, -0.05) is 6.07 Å². The minimum atomic E-state index is -1.24. The van der Waals surface area contributed by atoms with E-state index in [-0.39, 0.29) is 0 Å². The second kappa shape index (κ2) is 4.79. The molecule has 4 nitrogen and oxygen atoms in total. The highest BCUT2D eigenvalue weighted by molar-refractivity contribution is 5.76. The van der Waals surface area contributed by atoms with Crippen molar-refractivity contribution in [3.63, 3.8) is 0 Å². The number of hydrogen-bond donors (Lipinski definition) is 1. The molecule has 4 heteroatoms. The third kappa shape index (κ3) is 2.47. The van der Waals surface area contributed by atoms with Gasteiger partial charge in [-0.05, 0) is 30.2 Å². The van der Waals surface area contributed by atoms with Crippen molar-refractivity contribution in [2.45, 2.75) is 13.0 Å². The molecule has 1 rings (SSSR count). The summed E-state index contributed by atoms with van der Waals surface area (Å²) >= 11 is 0. The van der Waals surface area contributed by atoms with Crippen molar-refractivity contribution in [2.24, 2.45) is 0 Å². The van der Waals surface area contributed by atoms with Gasteiger partial charge in [0.15, 0.2) is 6.10 Å². The predicted octanol–water partition coefficient (Wildman–Crippen LogP) is 1.21. The molecular formula is C11H14O4. The van der Waals surface area contributed by atoms with Gasteiger partial charge >= 0.3 is 5.97 Å². The quantitative estimate of drug-likeness (QED) is 0.762. The Hall–Kier alpha value is -1.55. The summed E-state index contributed by atoms with van der Waals surface area (Å²) in [4.78, 5) is 11.1. The molecule has 0 bridgehead atoms. The number of carbonyl (C=O) groups is 1.